The zero-order valence-corrected chi connectivity index (χ0v) is 19.3. The Morgan fingerprint density at radius 3 is 0.864 bits per heavy atom. The number of hydrogen-bond acceptors (Lipinski definition) is 0. The Morgan fingerprint density at radius 1 is 0.545 bits per heavy atom. The van der Waals surface area contributed by atoms with Crippen molar-refractivity contribution in [2.45, 2.75) is 104 Å². The van der Waals surface area contributed by atoms with Crippen LogP contribution < -0.4 is 0 Å². The van der Waals surface area contributed by atoms with Gasteiger partial charge in [0.2, 0.25) is 0 Å². The van der Waals surface area contributed by atoms with Gasteiger partial charge in [-0.1, -0.05) is 111 Å². The molecule has 0 unspecified atom stereocenters. The lowest BCUT2D eigenvalue weighted by molar-refractivity contribution is 0.702. The lowest BCUT2D eigenvalue weighted by atomic mass is 10.2. The van der Waals surface area contributed by atoms with E-state index in [1.165, 1.54) is 17.9 Å². The molecule has 0 aromatic heterocycles. The predicted molar refractivity (Wildman–Crippen MR) is 112 cm³/mol. The molecule has 0 saturated carbocycles. The normalized spacial score (nSPS) is 14.8. The Labute approximate surface area is 144 Å². The molecule has 22 heavy (non-hydrogen) atoms. The summed E-state index contributed by atoms with van der Waals surface area (Å²) in [5.41, 5.74) is 1.49. The van der Waals surface area contributed by atoms with Crippen LogP contribution in [-0.2, 0) is 0 Å². The quantitative estimate of drug-likeness (QED) is 0.362. The SMILES string of the molecule is C=C(CP(C(C)(C)C)C(C)(C)C)CP(C(C)(C)C)C(C)(C)C. The summed E-state index contributed by atoms with van der Waals surface area (Å²) in [6.07, 6.45) is 2.46. The summed E-state index contributed by atoms with van der Waals surface area (Å²) in [5.74, 6) is 0. The second-order valence-electron chi connectivity index (χ2n) is 10.6. The molecular weight excluding hydrogens is 302 g/mol. The van der Waals surface area contributed by atoms with Crippen LogP contribution in [0.1, 0.15) is 83.1 Å². The molecule has 0 aromatic carbocycles. The van der Waals surface area contributed by atoms with Gasteiger partial charge in [-0.2, -0.15) is 0 Å². The van der Waals surface area contributed by atoms with Crippen molar-refractivity contribution >= 4 is 15.8 Å². The van der Waals surface area contributed by atoms with Gasteiger partial charge in [0, 0.05) is 0 Å². The van der Waals surface area contributed by atoms with Crippen molar-refractivity contribution in [1.82, 2.24) is 0 Å². The summed E-state index contributed by atoms with van der Waals surface area (Å²) in [6, 6.07) is 0. The van der Waals surface area contributed by atoms with E-state index in [0.29, 0.717) is 20.6 Å². The Balaban J connectivity index is 5.20. The maximum absolute atomic E-state index is 4.52. The fourth-order valence-electron chi connectivity index (χ4n) is 3.46. The molecule has 0 aliphatic rings. The zero-order valence-electron chi connectivity index (χ0n) is 17.5. The number of rotatable bonds is 4. The van der Waals surface area contributed by atoms with Crippen LogP contribution in [0.5, 0.6) is 0 Å². The Hall–Kier alpha value is 0.600. The average molecular weight is 345 g/mol. The van der Waals surface area contributed by atoms with Gasteiger partial charge in [0.05, 0.1) is 0 Å². The smallest absolute Gasteiger partial charge is 0.0104 e. The second-order valence-corrected chi connectivity index (χ2v) is 18.3. The van der Waals surface area contributed by atoms with Gasteiger partial charge < -0.3 is 0 Å². The maximum atomic E-state index is 4.52. The fraction of sp³-hybridized carbons (Fsp3) is 0.900. The first-order chi connectivity index (χ1) is 9.37. The van der Waals surface area contributed by atoms with E-state index < -0.39 is 0 Å². The van der Waals surface area contributed by atoms with Gasteiger partial charge in [-0.05, 0) is 32.9 Å². The minimum atomic E-state index is -0.0736. The van der Waals surface area contributed by atoms with E-state index in [4.69, 9.17) is 0 Å². The third-order valence-corrected chi connectivity index (χ3v) is 12.0. The van der Waals surface area contributed by atoms with E-state index in [1.54, 1.807) is 0 Å². The molecule has 0 saturated heterocycles. The van der Waals surface area contributed by atoms with Crippen LogP contribution in [0.2, 0.25) is 0 Å². The van der Waals surface area contributed by atoms with E-state index in [-0.39, 0.29) is 15.8 Å². The molecule has 0 fully saturated rings. The van der Waals surface area contributed by atoms with Gasteiger partial charge in [0.25, 0.3) is 0 Å². The largest absolute Gasteiger partial charge is 0.0991 e. The van der Waals surface area contributed by atoms with Crippen LogP contribution in [0.3, 0.4) is 0 Å². The molecule has 0 N–H and O–H groups in total. The monoisotopic (exact) mass is 344 g/mol. The molecule has 0 radical (unpaired) electrons. The van der Waals surface area contributed by atoms with Crippen molar-refractivity contribution in [3.05, 3.63) is 12.2 Å². The highest BCUT2D eigenvalue weighted by Gasteiger charge is 2.37. The van der Waals surface area contributed by atoms with Gasteiger partial charge in [-0.15, -0.1) is 0 Å². The highest BCUT2D eigenvalue weighted by atomic mass is 31.1. The number of hydrogen-bond donors (Lipinski definition) is 0. The van der Waals surface area contributed by atoms with E-state index in [2.05, 4.69) is 89.7 Å². The third kappa shape index (κ3) is 7.45. The molecule has 0 rings (SSSR count). The first-order valence-electron chi connectivity index (χ1n) is 8.59. The van der Waals surface area contributed by atoms with Crippen LogP contribution in [0.15, 0.2) is 12.2 Å². The van der Waals surface area contributed by atoms with Gasteiger partial charge in [-0.3, -0.25) is 0 Å². The van der Waals surface area contributed by atoms with Gasteiger partial charge in [0.15, 0.2) is 0 Å². The zero-order chi connectivity index (χ0) is 18.1. The highest BCUT2D eigenvalue weighted by Crippen LogP contribution is 2.63. The predicted octanol–water partition coefficient (Wildman–Crippen LogP) is 7.70. The maximum Gasteiger partial charge on any atom is -0.0104 e. The van der Waals surface area contributed by atoms with Crippen LogP contribution in [0.4, 0.5) is 0 Å². The molecule has 0 heterocycles. The molecule has 0 aliphatic carbocycles. The molecule has 0 nitrogen and oxygen atoms in total. The van der Waals surface area contributed by atoms with Crippen molar-refractivity contribution in [3.63, 3.8) is 0 Å². The number of allylic oxidation sites excluding steroid dienone is 1. The molecule has 0 bridgehead atoms. The van der Waals surface area contributed by atoms with Gasteiger partial charge in [0.1, 0.15) is 0 Å². The van der Waals surface area contributed by atoms with Gasteiger partial charge in [-0.25, -0.2) is 0 Å². The second kappa shape index (κ2) is 7.23. The van der Waals surface area contributed by atoms with Crippen molar-refractivity contribution < 1.29 is 0 Å². The molecule has 0 aromatic rings. The minimum absolute atomic E-state index is 0.0736. The Kier molecular flexibility index (Phi) is 7.43. The Bertz CT molecular complexity index is 302. The molecule has 0 amide bonds. The van der Waals surface area contributed by atoms with Crippen molar-refractivity contribution in [2.75, 3.05) is 12.3 Å². The molecular formula is C20H42P2. The summed E-state index contributed by atoms with van der Waals surface area (Å²) in [7, 11) is -0.147. The van der Waals surface area contributed by atoms with Crippen molar-refractivity contribution in [1.29, 1.82) is 0 Å². The average Bonchev–Trinajstić information content (AvgIpc) is 2.15. The summed E-state index contributed by atoms with van der Waals surface area (Å²) < 4.78 is 0. The summed E-state index contributed by atoms with van der Waals surface area (Å²) in [4.78, 5) is 0. The van der Waals surface area contributed by atoms with Crippen LogP contribution in [0, 0.1) is 0 Å². The van der Waals surface area contributed by atoms with Crippen LogP contribution in [0.25, 0.3) is 0 Å². The van der Waals surface area contributed by atoms with E-state index in [1.807, 2.05) is 0 Å². The third-order valence-electron chi connectivity index (χ3n) is 4.00. The molecule has 0 atom stereocenters. The fourth-order valence-corrected chi connectivity index (χ4v) is 10.7. The van der Waals surface area contributed by atoms with Crippen molar-refractivity contribution in [3.8, 4) is 0 Å². The van der Waals surface area contributed by atoms with E-state index in [0.717, 1.165) is 0 Å². The van der Waals surface area contributed by atoms with Gasteiger partial charge >= 0.3 is 0 Å². The van der Waals surface area contributed by atoms with Crippen LogP contribution >= 0.6 is 15.8 Å². The first-order valence-corrected chi connectivity index (χ1v) is 11.6. The summed E-state index contributed by atoms with van der Waals surface area (Å²) in [5, 5.41) is 1.57. The van der Waals surface area contributed by atoms with E-state index >= 15 is 0 Å². The highest BCUT2D eigenvalue weighted by molar-refractivity contribution is 7.62. The Morgan fingerprint density at radius 2 is 0.727 bits per heavy atom. The van der Waals surface area contributed by atoms with Crippen molar-refractivity contribution in [2.24, 2.45) is 0 Å². The van der Waals surface area contributed by atoms with Crippen LogP contribution in [-0.4, -0.2) is 32.9 Å². The lowest BCUT2D eigenvalue weighted by Crippen LogP contribution is -2.29. The molecule has 132 valence electrons. The first kappa shape index (κ1) is 22.6. The molecule has 2 heteroatoms. The minimum Gasteiger partial charge on any atom is -0.0991 e. The molecule has 0 aliphatic heterocycles. The lowest BCUT2D eigenvalue weighted by Gasteiger charge is -2.45. The topological polar surface area (TPSA) is 0 Å². The summed E-state index contributed by atoms with van der Waals surface area (Å²) >= 11 is 0. The van der Waals surface area contributed by atoms with E-state index in [9.17, 15) is 0 Å². The molecule has 0 spiro atoms. The standard InChI is InChI=1S/C20H42P2/c1-16(14-21(17(2,3)4)18(5,6)7)15-22(19(8,9)10)20(11,12)13/h1,14-15H2,2-13H3. The summed E-state index contributed by atoms with van der Waals surface area (Å²) in [6.45, 7) is 33.4.